The molecule has 1 amide bonds. The average Bonchev–Trinajstić information content (AvgIpc) is 3.44. The number of rotatable bonds is 6. The van der Waals surface area contributed by atoms with Crippen LogP contribution >= 0.6 is 11.8 Å². The molecule has 0 unspecified atom stereocenters. The van der Waals surface area contributed by atoms with Crippen molar-refractivity contribution < 1.29 is 14.1 Å². The Hall–Kier alpha value is -4.58. The molecule has 0 fully saturated rings. The lowest BCUT2D eigenvalue weighted by atomic mass is 10.2. The summed E-state index contributed by atoms with van der Waals surface area (Å²) in [5, 5.41) is 22.6. The van der Waals surface area contributed by atoms with E-state index < -0.39 is 10.8 Å². The quantitative estimate of drug-likeness (QED) is 0.258. The average molecular weight is 489 g/mol. The highest BCUT2D eigenvalue weighted by Crippen LogP contribution is 2.34. The maximum Gasteiger partial charge on any atom is 0.284 e. The second-order valence-electron chi connectivity index (χ2n) is 7.55. The van der Waals surface area contributed by atoms with Crippen molar-refractivity contribution in [3.63, 3.8) is 0 Å². The first-order chi connectivity index (χ1) is 16.9. The van der Waals surface area contributed by atoms with Crippen LogP contribution in [0.2, 0.25) is 0 Å². The molecule has 0 radical (unpaired) electrons. The van der Waals surface area contributed by atoms with E-state index in [1.165, 1.54) is 36.7 Å². The van der Waals surface area contributed by atoms with Crippen molar-refractivity contribution >= 4 is 40.1 Å². The number of nitro benzene ring substituents is 1. The van der Waals surface area contributed by atoms with E-state index >= 15 is 0 Å². The molecule has 0 saturated heterocycles. The first kappa shape index (κ1) is 22.2. The number of anilines is 1. The van der Waals surface area contributed by atoms with Crippen molar-refractivity contribution in [2.75, 3.05) is 5.32 Å². The maximum absolute atomic E-state index is 13.6. The first-order valence-electron chi connectivity index (χ1n) is 10.2. The van der Waals surface area contributed by atoms with Gasteiger partial charge in [0.1, 0.15) is 18.0 Å². The number of aromatic amines is 1. The molecule has 174 valence electrons. The van der Waals surface area contributed by atoms with Gasteiger partial charge in [0, 0.05) is 29.9 Å². The van der Waals surface area contributed by atoms with Gasteiger partial charge >= 0.3 is 0 Å². The van der Waals surface area contributed by atoms with Crippen molar-refractivity contribution in [2.24, 2.45) is 7.05 Å². The van der Waals surface area contributed by atoms with Gasteiger partial charge in [-0.1, -0.05) is 12.1 Å². The predicted octanol–water partition coefficient (Wildman–Crippen LogP) is 4.81. The summed E-state index contributed by atoms with van der Waals surface area (Å²) >= 11 is 1.08. The monoisotopic (exact) mass is 489 g/mol. The number of fused-ring (bicyclic) bond motifs is 1. The topological polar surface area (TPSA) is 132 Å². The van der Waals surface area contributed by atoms with Gasteiger partial charge in [-0.05, 0) is 54.2 Å². The highest BCUT2D eigenvalue weighted by molar-refractivity contribution is 7.99. The van der Waals surface area contributed by atoms with Crippen LogP contribution in [0.5, 0.6) is 0 Å². The van der Waals surface area contributed by atoms with E-state index in [1.807, 2.05) is 0 Å². The van der Waals surface area contributed by atoms with Gasteiger partial charge in [-0.2, -0.15) is 0 Å². The minimum absolute atomic E-state index is 0.129. The number of hydrogen-bond acceptors (Lipinski definition) is 7. The molecule has 0 aliphatic heterocycles. The Kier molecular flexibility index (Phi) is 5.71. The van der Waals surface area contributed by atoms with Crippen LogP contribution in [0, 0.1) is 15.9 Å². The SMILES string of the molecule is Cn1cnnc1Sc1ccc(C(=O)Nc2ccc3nc(-c4cccc(F)c4)[nH]c3c2)cc1[N+](=O)[O-]. The summed E-state index contributed by atoms with van der Waals surface area (Å²) in [6, 6.07) is 15.4. The van der Waals surface area contributed by atoms with E-state index in [9.17, 15) is 19.3 Å². The third-order valence-electron chi connectivity index (χ3n) is 5.13. The summed E-state index contributed by atoms with van der Waals surface area (Å²) in [6.45, 7) is 0. The molecule has 0 aliphatic carbocycles. The zero-order chi connectivity index (χ0) is 24.5. The van der Waals surface area contributed by atoms with Crippen LogP contribution < -0.4 is 5.32 Å². The Labute approximate surface area is 201 Å². The zero-order valence-electron chi connectivity index (χ0n) is 18.1. The van der Waals surface area contributed by atoms with Gasteiger partial charge in [-0.15, -0.1) is 10.2 Å². The predicted molar refractivity (Wildman–Crippen MR) is 128 cm³/mol. The molecule has 0 spiro atoms. The number of halogens is 1. The number of nitro groups is 1. The number of imidazole rings is 1. The normalized spacial score (nSPS) is 11.0. The Morgan fingerprint density at radius 2 is 2.03 bits per heavy atom. The summed E-state index contributed by atoms with van der Waals surface area (Å²) in [6.07, 6.45) is 1.49. The lowest BCUT2D eigenvalue weighted by Gasteiger charge is -2.07. The molecular weight excluding hydrogens is 473 g/mol. The van der Waals surface area contributed by atoms with Gasteiger partial charge in [0.15, 0.2) is 5.16 Å². The lowest BCUT2D eigenvalue weighted by Crippen LogP contribution is -2.12. The third-order valence-corrected chi connectivity index (χ3v) is 6.24. The smallest absolute Gasteiger partial charge is 0.284 e. The molecule has 0 bridgehead atoms. The number of aromatic nitrogens is 5. The second-order valence-corrected chi connectivity index (χ2v) is 8.56. The number of aryl methyl sites for hydroxylation is 1. The Morgan fingerprint density at radius 3 is 2.77 bits per heavy atom. The first-order valence-corrected chi connectivity index (χ1v) is 11.1. The van der Waals surface area contributed by atoms with E-state index in [0.717, 1.165) is 11.8 Å². The highest BCUT2D eigenvalue weighted by atomic mass is 32.2. The van der Waals surface area contributed by atoms with Crippen molar-refractivity contribution in [2.45, 2.75) is 10.1 Å². The number of carbonyl (C=O) groups excluding carboxylic acids is 1. The standard InChI is InChI=1S/C23H16FN7O3S/c1-30-12-25-29-23(30)35-20-8-5-14(10-19(20)31(33)34)22(32)26-16-6-7-17-18(11-16)28-21(27-17)13-3-2-4-15(24)9-13/h2-12H,1H3,(H,26,32)(H,27,28). The van der Waals surface area contributed by atoms with Crippen molar-refractivity contribution in [1.82, 2.24) is 24.7 Å². The molecule has 2 heterocycles. The van der Waals surface area contributed by atoms with E-state index in [-0.39, 0.29) is 17.1 Å². The summed E-state index contributed by atoms with van der Waals surface area (Å²) in [5.74, 6) is -0.381. The summed E-state index contributed by atoms with van der Waals surface area (Å²) in [7, 11) is 1.73. The van der Waals surface area contributed by atoms with E-state index in [1.54, 1.807) is 41.9 Å². The second kappa shape index (κ2) is 8.99. The minimum atomic E-state index is -0.542. The van der Waals surface area contributed by atoms with Crippen LogP contribution in [0.15, 0.2) is 77.0 Å². The molecule has 0 aliphatic rings. The molecule has 5 aromatic rings. The van der Waals surface area contributed by atoms with Gasteiger partial charge in [0.05, 0.1) is 20.9 Å². The van der Waals surface area contributed by atoms with Gasteiger partial charge in [-0.25, -0.2) is 9.37 Å². The van der Waals surface area contributed by atoms with Gasteiger partial charge in [0.2, 0.25) is 0 Å². The molecule has 2 N–H and O–H groups in total. The number of H-pyrrole nitrogens is 1. The fourth-order valence-electron chi connectivity index (χ4n) is 3.41. The van der Waals surface area contributed by atoms with Crippen molar-refractivity contribution in [3.05, 3.63) is 88.5 Å². The molecule has 0 atom stereocenters. The number of nitrogens with one attached hydrogen (secondary N) is 2. The molecule has 35 heavy (non-hydrogen) atoms. The Morgan fingerprint density at radius 1 is 1.17 bits per heavy atom. The molecule has 12 heteroatoms. The molecular formula is C23H16FN7O3S. The molecule has 5 rings (SSSR count). The molecule has 0 saturated carbocycles. The minimum Gasteiger partial charge on any atom is -0.338 e. The Bertz CT molecular complexity index is 1600. The lowest BCUT2D eigenvalue weighted by molar-refractivity contribution is -0.387. The van der Waals surface area contributed by atoms with Gasteiger partial charge in [-0.3, -0.25) is 14.9 Å². The van der Waals surface area contributed by atoms with Crippen LogP contribution in [0.3, 0.4) is 0 Å². The maximum atomic E-state index is 13.6. The van der Waals surface area contributed by atoms with Crippen molar-refractivity contribution in [3.8, 4) is 11.4 Å². The third kappa shape index (κ3) is 4.59. The van der Waals surface area contributed by atoms with Crippen LogP contribution in [0.1, 0.15) is 10.4 Å². The molecule has 2 aromatic heterocycles. The summed E-state index contributed by atoms with van der Waals surface area (Å²) in [5.41, 5.74) is 2.26. The highest BCUT2D eigenvalue weighted by Gasteiger charge is 2.20. The number of amides is 1. The van der Waals surface area contributed by atoms with Crippen LogP contribution in [0.4, 0.5) is 15.8 Å². The fraction of sp³-hybridized carbons (Fsp3) is 0.0435. The fourth-order valence-corrected chi connectivity index (χ4v) is 4.26. The molecule has 3 aromatic carbocycles. The van der Waals surface area contributed by atoms with Gasteiger partial charge in [0.25, 0.3) is 11.6 Å². The number of carbonyl (C=O) groups is 1. The van der Waals surface area contributed by atoms with E-state index in [0.29, 0.717) is 38.2 Å². The van der Waals surface area contributed by atoms with Crippen LogP contribution in [0.25, 0.3) is 22.4 Å². The van der Waals surface area contributed by atoms with Crippen LogP contribution in [-0.2, 0) is 7.05 Å². The summed E-state index contributed by atoms with van der Waals surface area (Å²) in [4.78, 5) is 31.8. The van der Waals surface area contributed by atoms with Crippen molar-refractivity contribution in [1.29, 1.82) is 0 Å². The number of benzene rings is 3. The zero-order valence-corrected chi connectivity index (χ0v) is 18.9. The largest absolute Gasteiger partial charge is 0.338 e. The van der Waals surface area contributed by atoms with Crippen LogP contribution in [-0.4, -0.2) is 35.6 Å². The van der Waals surface area contributed by atoms with Gasteiger partial charge < -0.3 is 14.9 Å². The Balaban J connectivity index is 1.38. The number of hydrogen-bond donors (Lipinski definition) is 2. The van der Waals surface area contributed by atoms with E-state index in [2.05, 4.69) is 25.5 Å². The number of nitrogens with zero attached hydrogens (tertiary/aromatic N) is 5. The summed E-state index contributed by atoms with van der Waals surface area (Å²) < 4.78 is 15.2. The van der Waals surface area contributed by atoms with E-state index in [4.69, 9.17) is 0 Å². The molecule has 10 nitrogen and oxygen atoms in total.